The number of carbonyl (C=O) groups is 2. The zero-order valence-corrected chi connectivity index (χ0v) is 12.4. The lowest BCUT2D eigenvalue weighted by Gasteiger charge is -2.27. The maximum Gasteiger partial charge on any atom is 0.323 e. The van der Waals surface area contributed by atoms with Crippen LogP contribution in [0.3, 0.4) is 0 Å². The van der Waals surface area contributed by atoms with Crippen molar-refractivity contribution in [3.63, 3.8) is 0 Å². The number of aliphatic hydroxyl groups excluding tert-OH is 1. The number of benzene rings is 2. The van der Waals surface area contributed by atoms with Gasteiger partial charge in [-0.15, -0.1) is 0 Å². The van der Waals surface area contributed by atoms with Crippen molar-refractivity contribution < 1.29 is 14.7 Å². The van der Waals surface area contributed by atoms with E-state index in [-0.39, 0.29) is 0 Å². The molecular formula is C18H16N2O3. The first-order valence-corrected chi connectivity index (χ1v) is 7.61. The summed E-state index contributed by atoms with van der Waals surface area (Å²) in [5.74, 6) is -1.11. The van der Waals surface area contributed by atoms with Gasteiger partial charge in [0.15, 0.2) is 0 Å². The number of hydrogen-bond donors (Lipinski definition) is 3. The lowest BCUT2D eigenvalue weighted by atomic mass is 9.93. The molecule has 2 aromatic rings. The summed E-state index contributed by atoms with van der Waals surface area (Å²) in [5, 5.41) is 14.4. The van der Waals surface area contributed by atoms with Gasteiger partial charge < -0.3 is 10.4 Å². The molecule has 0 radical (unpaired) electrons. The predicted octanol–water partition coefficient (Wildman–Crippen LogP) is 1.57. The molecule has 116 valence electrons. The van der Waals surface area contributed by atoms with Crippen LogP contribution in [0, 0.1) is 5.92 Å². The Labute approximate surface area is 133 Å². The quantitative estimate of drug-likeness (QED) is 0.672. The fourth-order valence-electron chi connectivity index (χ4n) is 3.40. The van der Waals surface area contributed by atoms with Crippen molar-refractivity contribution in [1.82, 2.24) is 10.6 Å². The third-order valence-electron chi connectivity index (χ3n) is 4.55. The van der Waals surface area contributed by atoms with Crippen LogP contribution < -0.4 is 10.6 Å². The number of fused-ring (bicyclic) bond motifs is 3. The largest absolute Gasteiger partial charge is 0.373 e. The topological polar surface area (TPSA) is 78.4 Å². The first-order valence-electron chi connectivity index (χ1n) is 7.61. The molecule has 1 saturated heterocycles. The van der Waals surface area contributed by atoms with Crippen LogP contribution in [0.4, 0.5) is 4.79 Å². The molecule has 1 aliphatic heterocycles. The summed E-state index contributed by atoms with van der Waals surface area (Å²) in [6.07, 6.45) is 0.119. The van der Waals surface area contributed by atoms with Crippen LogP contribution in [0.1, 0.15) is 16.7 Å². The molecule has 0 bridgehead atoms. The van der Waals surface area contributed by atoms with Crippen molar-refractivity contribution in [2.45, 2.75) is 19.1 Å². The maximum atomic E-state index is 11.9. The van der Waals surface area contributed by atoms with Crippen LogP contribution in [0.15, 0.2) is 42.5 Å². The first kappa shape index (κ1) is 14.0. The van der Waals surface area contributed by atoms with Gasteiger partial charge in [0.25, 0.3) is 0 Å². The minimum absolute atomic E-state index is 0.386. The van der Waals surface area contributed by atoms with Gasteiger partial charge in [-0.2, -0.15) is 0 Å². The molecule has 0 spiro atoms. The second-order valence-electron chi connectivity index (χ2n) is 6.04. The molecule has 0 aromatic heterocycles. The van der Waals surface area contributed by atoms with Gasteiger partial charge in [0, 0.05) is 0 Å². The number of imide groups is 1. The number of carbonyl (C=O) groups excluding carboxylic acids is 2. The second kappa shape index (κ2) is 5.21. The van der Waals surface area contributed by atoms with E-state index < -0.39 is 24.1 Å². The van der Waals surface area contributed by atoms with E-state index in [9.17, 15) is 14.7 Å². The molecule has 23 heavy (non-hydrogen) atoms. The van der Waals surface area contributed by atoms with Crippen molar-refractivity contribution in [3.8, 4) is 11.1 Å². The molecule has 1 heterocycles. The standard InChI is InChI=1S/C18H16N2O3/c21-16-15(17(22)20-18(23)19-16)8-10-5-6-14-12(7-10)9-11-3-1-2-4-13(11)14/h1-7,15-16,21H,8-9H2,(H2,19,20,22,23). The van der Waals surface area contributed by atoms with Gasteiger partial charge >= 0.3 is 6.03 Å². The highest BCUT2D eigenvalue weighted by molar-refractivity contribution is 5.98. The van der Waals surface area contributed by atoms with Crippen LogP contribution >= 0.6 is 0 Å². The van der Waals surface area contributed by atoms with Crippen molar-refractivity contribution in [3.05, 3.63) is 59.2 Å². The smallest absolute Gasteiger partial charge is 0.323 e. The summed E-state index contributed by atoms with van der Waals surface area (Å²) < 4.78 is 0. The van der Waals surface area contributed by atoms with Gasteiger partial charge in [-0.25, -0.2) is 4.79 Å². The summed E-state index contributed by atoms with van der Waals surface area (Å²) in [6.45, 7) is 0. The van der Waals surface area contributed by atoms with Gasteiger partial charge in [0.1, 0.15) is 6.23 Å². The summed E-state index contributed by atoms with van der Waals surface area (Å²) in [7, 11) is 0. The molecule has 2 unspecified atom stereocenters. The molecule has 2 aromatic carbocycles. The number of urea groups is 1. The van der Waals surface area contributed by atoms with E-state index in [1.807, 2.05) is 18.2 Å². The van der Waals surface area contributed by atoms with E-state index in [1.165, 1.54) is 22.3 Å². The van der Waals surface area contributed by atoms with Crippen LogP contribution in [0.25, 0.3) is 11.1 Å². The summed E-state index contributed by atoms with van der Waals surface area (Å²) in [6, 6.07) is 13.8. The predicted molar refractivity (Wildman–Crippen MR) is 84.6 cm³/mol. The van der Waals surface area contributed by atoms with E-state index in [2.05, 4.69) is 34.9 Å². The second-order valence-corrected chi connectivity index (χ2v) is 6.04. The third-order valence-corrected chi connectivity index (χ3v) is 4.55. The molecule has 2 atom stereocenters. The van der Waals surface area contributed by atoms with Gasteiger partial charge in [-0.1, -0.05) is 42.5 Å². The number of amides is 3. The Morgan fingerprint density at radius 2 is 1.83 bits per heavy atom. The Morgan fingerprint density at radius 1 is 1.04 bits per heavy atom. The summed E-state index contributed by atoms with van der Waals surface area (Å²) in [4.78, 5) is 23.1. The van der Waals surface area contributed by atoms with Crippen LogP contribution in [-0.4, -0.2) is 23.3 Å². The number of hydrogen-bond acceptors (Lipinski definition) is 3. The zero-order chi connectivity index (χ0) is 16.0. The molecule has 3 amide bonds. The summed E-state index contributed by atoms with van der Waals surface area (Å²) in [5.41, 5.74) is 6.01. The highest BCUT2D eigenvalue weighted by Crippen LogP contribution is 2.37. The Kier molecular flexibility index (Phi) is 3.16. The molecule has 1 fully saturated rings. The minimum Gasteiger partial charge on any atom is -0.373 e. The Balaban J connectivity index is 1.59. The van der Waals surface area contributed by atoms with Crippen molar-refractivity contribution in [1.29, 1.82) is 0 Å². The van der Waals surface area contributed by atoms with Crippen LogP contribution in [0.5, 0.6) is 0 Å². The number of nitrogens with one attached hydrogen (secondary N) is 2. The molecule has 1 aliphatic carbocycles. The fraction of sp³-hybridized carbons (Fsp3) is 0.222. The lowest BCUT2D eigenvalue weighted by molar-refractivity contribution is -0.129. The van der Waals surface area contributed by atoms with Gasteiger partial charge in [-0.3, -0.25) is 10.1 Å². The molecule has 5 heteroatoms. The molecule has 3 N–H and O–H groups in total. The van der Waals surface area contributed by atoms with E-state index in [1.54, 1.807) is 0 Å². The van der Waals surface area contributed by atoms with Crippen LogP contribution in [-0.2, 0) is 17.6 Å². The Bertz CT molecular complexity index is 816. The normalized spacial score (nSPS) is 22.1. The van der Waals surface area contributed by atoms with Crippen molar-refractivity contribution in [2.24, 2.45) is 5.92 Å². The fourth-order valence-corrected chi connectivity index (χ4v) is 3.40. The number of rotatable bonds is 2. The molecule has 0 saturated carbocycles. The highest BCUT2D eigenvalue weighted by Gasteiger charge is 2.34. The van der Waals surface area contributed by atoms with Gasteiger partial charge in [-0.05, 0) is 40.7 Å². The van der Waals surface area contributed by atoms with Gasteiger partial charge in [0.05, 0.1) is 5.92 Å². The zero-order valence-electron chi connectivity index (χ0n) is 12.4. The first-order chi connectivity index (χ1) is 11.1. The van der Waals surface area contributed by atoms with E-state index in [0.717, 1.165) is 12.0 Å². The lowest BCUT2D eigenvalue weighted by Crippen LogP contribution is -2.58. The Morgan fingerprint density at radius 3 is 2.65 bits per heavy atom. The minimum atomic E-state index is -1.15. The van der Waals surface area contributed by atoms with E-state index in [0.29, 0.717) is 6.42 Å². The van der Waals surface area contributed by atoms with E-state index in [4.69, 9.17) is 0 Å². The molecule has 2 aliphatic rings. The average molecular weight is 308 g/mol. The third kappa shape index (κ3) is 2.39. The monoisotopic (exact) mass is 308 g/mol. The van der Waals surface area contributed by atoms with E-state index >= 15 is 0 Å². The highest BCUT2D eigenvalue weighted by atomic mass is 16.3. The molecule has 4 rings (SSSR count). The van der Waals surface area contributed by atoms with Crippen molar-refractivity contribution in [2.75, 3.05) is 0 Å². The van der Waals surface area contributed by atoms with Crippen LogP contribution in [0.2, 0.25) is 0 Å². The SMILES string of the molecule is O=C1NC(=O)C(Cc2ccc3c(c2)Cc2ccccc2-3)C(O)N1. The maximum absolute atomic E-state index is 11.9. The molecule has 5 nitrogen and oxygen atoms in total. The van der Waals surface area contributed by atoms with Gasteiger partial charge in [0.2, 0.25) is 5.91 Å². The summed E-state index contributed by atoms with van der Waals surface area (Å²) >= 11 is 0. The molecular weight excluding hydrogens is 292 g/mol. The Hall–Kier alpha value is -2.66. The van der Waals surface area contributed by atoms with Crippen molar-refractivity contribution >= 4 is 11.9 Å². The number of aliphatic hydroxyl groups is 1. The average Bonchev–Trinajstić information content (AvgIpc) is 2.88.